The third-order valence-corrected chi connectivity index (χ3v) is 1.97. The first kappa shape index (κ1) is 11.6. The van der Waals surface area contributed by atoms with E-state index in [0.717, 1.165) is 17.7 Å². The van der Waals surface area contributed by atoms with Gasteiger partial charge in [0.15, 0.2) is 0 Å². The molecule has 82 valence electrons. The molecule has 0 radical (unpaired) electrons. The second-order valence-electron chi connectivity index (χ2n) is 3.11. The van der Waals surface area contributed by atoms with Crippen LogP contribution in [0.4, 0.5) is 13.2 Å². The molecule has 1 nitrogen and oxygen atoms in total. The lowest BCUT2D eigenvalue weighted by Crippen LogP contribution is -2.04. The maximum Gasteiger partial charge on any atom is 0.416 e. The van der Waals surface area contributed by atoms with Crippen LogP contribution < -0.4 is 0 Å². The molecule has 0 amide bonds. The van der Waals surface area contributed by atoms with Gasteiger partial charge in [0, 0.05) is 6.42 Å². The van der Waals surface area contributed by atoms with Crippen molar-refractivity contribution in [3.63, 3.8) is 0 Å². The fourth-order valence-electron chi connectivity index (χ4n) is 1.11. The van der Waals surface area contributed by atoms with Crippen LogP contribution in [0.2, 0.25) is 0 Å². The second-order valence-corrected chi connectivity index (χ2v) is 3.11. The monoisotopic (exact) mass is 216 g/mol. The van der Waals surface area contributed by atoms with Crippen molar-refractivity contribution in [2.75, 3.05) is 7.11 Å². The number of alkyl halides is 3. The van der Waals surface area contributed by atoms with Gasteiger partial charge in [0.25, 0.3) is 0 Å². The summed E-state index contributed by atoms with van der Waals surface area (Å²) in [6, 6.07) is 4.95. The molecule has 0 fully saturated rings. The smallest absolute Gasteiger partial charge is 0.416 e. The van der Waals surface area contributed by atoms with Crippen LogP contribution in [0.25, 0.3) is 0 Å². The summed E-state index contributed by atoms with van der Waals surface area (Å²) in [7, 11) is 1.48. The lowest BCUT2D eigenvalue weighted by Gasteiger charge is -2.08. The van der Waals surface area contributed by atoms with Crippen molar-refractivity contribution >= 4 is 0 Å². The number of benzene rings is 1. The minimum absolute atomic E-state index is 0.425. The molecule has 0 saturated carbocycles. The van der Waals surface area contributed by atoms with Gasteiger partial charge in [-0.25, -0.2) is 0 Å². The number of hydrogen-bond donors (Lipinski definition) is 0. The fraction of sp³-hybridized carbons (Fsp3) is 0.273. The van der Waals surface area contributed by atoms with Crippen LogP contribution in [0.1, 0.15) is 11.1 Å². The molecule has 0 N–H and O–H groups in total. The number of hydrogen-bond acceptors (Lipinski definition) is 1. The molecular formula is C11H11F3O. The first-order chi connectivity index (χ1) is 6.93. The summed E-state index contributed by atoms with van der Waals surface area (Å²) in [6.45, 7) is 3.60. The highest BCUT2D eigenvalue weighted by Gasteiger charge is 2.29. The van der Waals surface area contributed by atoms with Crippen LogP contribution in [-0.4, -0.2) is 7.11 Å². The lowest BCUT2D eigenvalue weighted by molar-refractivity contribution is -0.137. The minimum Gasteiger partial charge on any atom is -0.501 e. The molecule has 0 aliphatic carbocycles. The summed E-state index contributed by atoms with van der Waals surface area (Å²) in [4.78, 5) is 0. The van der Waals surface area contributed by atoms with Crippen LogP contribution in [0.15, 0.2) is 36.6 Å². The van der Waals surface area contributed by atoms with E-state index in [2.05, 4.69) is 6.58 Å². The first-order valence-electron chi connectivity index (χ1n) is 4.31. The van der Waals surface area contributed by atoms with Crippen molar-refractivity contribution < 1.29 is 17.9 Å². The predicted octanol–water partition coefficient (Wildman–Crippen LogP) is 3.41. The van der Waals surface area contributed by atoms with Gasteiger partial charge in [-0.2, -0.15) is 13.2 Å². The summed E-state index contributed by atoms with van der Waals surface area (Å²) < 4.78 is 41.5. The Labute approximate surface area is 86.2 Å². The van der Waals surface area contributed by atoms with Crippen LogP contribution in [0, 0.1) is 0 Å². The maximum absolute atomic E-state index is 12.2. The normalized spacial score (nSPS) is 11.2. The van der Waals surface area contributed by atoms with Crippen LogP contribution >= 0.6 is 0 Å². The predicted molar refractivity (Wildman–Crippen MR) is 51.3 cm³/mol. The van der Waals surface area contributed by atoms with Crippen LogP contribution in [0.3, 0.4) is 0 Å². The van der Waals surface area contributed by atoms with Crippen LogP contribution in [-0.2, 0) is 17.3 Å². The zero-order valence-corrected chi connectivity index (χ0v) is 8.27. The van der Waals surface area contributed by atoms with E-state index in [1.54, 1.807) is 0 Å². The van der Waals surface area contributed by atoms with E-state index in [1.807, 2.05) is 0 Å². The Balaban J connectivity index is 2.77. The van der Waals surface area contributed by atoms with E-state index in [1.165, 1.54) is 19.2 Å². The second kappa shape index (κ2) is 4.38. The van der Waals surface area contributed by atoms with Gasteiger partial charge in [0.05, 0.1) is 18.4 Å². The molecule has 1 aromatic carbocycles. The number of rotatable bonds is 3. The average molecular weight is 216 g/mol. The largest absolute Gasteiger partial charge is 0.501 e. The van der Waals surface area contributed by atoms with Gasteiger partial charge in [-0.3, -0.25) is 0 Å². The number of methoxy groups -OCH3 is 1. The molecule has 1 rings (SSSR count). The average Bonchev–Trinajstić information content (AvgIpc) is 2.17. The Morgan fingerprint density at radius 3 is 2.20 bits per heavy atom. The quantitative estimate of drug-likeness (QED) is 0.703. The molecule has 0 aromatic heterocycles. The fourth-order valence-corrected chi connectivity index (χ4v) is 1.11. The third-order valence-electron chi connectivity index (χ3n) is 1.97. The Hall–Kier alpha value is -1.45. The van der Waals surface area contributed by atoms with Crippen molar-refractivity contribution in [2.45, 2.75) is 12.6 Å². The highest BCUT2D eigenvalue weighted by molar-refractivity contribution is 5.26. The summed E-state index contributed by atoms with van der Waals surface area (Å²) in [5, 5.41) is 0. The van der Waals surface area contributed by atoms with Gasteiger partial charge in [-0.15, -0.1) is 0 Å². The molecule has 0 atom stereocenters. The van der Waals surface area contributed by atoms with E-state index in [0.29, 0.717) is 12.2 Å². The molecule has 0 unspecified atom stereocenters. The van der Waals surface area contributed by atoms with E-state index in [-0.39, 0.29) is 0 Å². The van der Waals surface area contributed by atoms with Gasteiger partial charge in [0.2, 0.25) is 0 Å². The van der Waals surface area contributed by atoms with E-state index in [4.69, 9.17) is 4.74 Å². The van der Waals surface area contributed by atoms with Gasteiger partial charge in [-0.05, 0) is 17.7 Å². The summed E-state index contributed by atoms with van der Waals surface area (Å²) in [5.74, 6) is 0.523. The highest BCUT2D eigenvalue weighted by Crippen LogP contribution is 2.29. The van der Waals surface area contributed by atoms with Crippen molar-refractivity contribution in [2.24, 2.45) is 0 Å². The van der Waals surface area contributed by atoms with E-state index >= 15 is 0 Å². The van der Waals surface area contributed by atoms with Gasteiger partial charge in [-0.1, -0.05) is 18.7 Å². The molecule has 15 heavy (non-hydrogen) atoms. The van der Waals surface area contributed by atoms with Crippen molar-refractivity contribution in [3.8, 4) is 0 Å². The summed E-state index contributed by atoms with van der Waals surface area (Å²) >= 11 is 0. The van der Waals surface area contributed by atoms with Gasteiger partial charge in [0.1, 0.15) is 0 Å². The van der Waals surface area contributed by atoms with Crippen molar-refractivity contribution in [1.29, 1.82) is 0 Å². The minimum atomic E-state index is -4.28. The number of ether oxygens (including phenoxy) is 1. The zero-order chi connectivity index (χ0) is 11.5. The number of allylic oxidation sites excluding steroid dienone is 1. The van der Waals surface area contributed by atoms with Crippen LogP contribution in [0.5, 0.6) is 0 Å². The van der Waals surface area contributed by atoms with Crippen molar-refractivity contribution in [1.82, 2.24) is 0 Å². The Bertz CT molecular complexity index is 338. The molecule has 0 heterocycles. The third kappa shape index (κ3) is 3.31. The molecule has 4 heteroatoms. The standard InChI is InChI=1S/C11H11F3O/c1-8(15-2)7-9-3-5-10(6-4-9)11(12,13)14/h3-6H,1,7H2,2H3. The molecule has 0 aliphatic heterocycles. The molecular weight excluding hydrogens is 205 g/mol. The Kier molecular flexibility index (Phi) is 3.39. The maximum atomic E-state index is 12.2. The molecule has 0 spiro atoms. The molecule has 0 aliphatic rings. The van der Waals surface area contributed by atoms with Crippen molar-refractivity contribution in [3.05, 3.63) is 47.7 Å². The lowest BCUT2D eigenvalue weighted by atomic mass is 10.1. The molecule has 0 bridgehead atoms. The van der Waals surface area contributed by atoms with Gasteiger partial charge >= 0.3 is 6.18 Å². The Morgan fingerprint density at radius 2 is 1.80 bits per heavy atom. The summed E-state index contributed by atoms with van der Waals surface area (Å²) in [6.07, 6.45) is -3.86. The SMILES string of the molecule is C=C(Cc1ccc(C(F)(F)F)cc1)OC. The van der Waals surface area contributed by atoms with E-state index in [9.17, 15) is 13.2 Å². The highest BCUT2D eigenvalue weighted by atomic mass is 19.4. The Morgan fingerprint density at radius 1 is 1.27 bits per heavy atom. The molecule has 0 saturated heterocycles. The summed E-state index contributed by atoms with van der Waals surface area (Å²) in [5.41, 5.74) is 0.101. The first-order valence-corrected chi connectivity index (χ1v) is 4.31. The topological polar surface area (TPSA) is 9.23 Å². The van der Waals surface area contributed by atoms with E-state index < -0.39 is 11.7 Å². The molecule has 1 aromatic rings. The number of halogens is 3. The zero-order valence-electron chi connectivity index (χ0n) is 8.27. The van der Waals surface area contributed by atoms with Gasteiger partial charge < -0.3 is 4.74 Å².